The SMILES string of the molecule is CC/C=C\C/C=C\C/C=C\C/C=C\C/C=C\C/C=C\C/C=C\C/C=C\C/C=C\C/C=C\C/C=C\C/C=C\CCCCC(=O)NC(COC1OC(CO)C(OC2OC(CO)C(OC3OC(CO)C(O)C(O)C3O)C(O)C2O)C(O)C1O)C(O)/C=C/CCCCC. The van der Waals surface area contributed by atoms with E-state index in [0.717, 1.165) is 109 Å². The minimum atomic E-state index is -1.99. The number of amides is 1. The minimum Gasteiger partial charge on any atom is -0.394 e. The fourth-order valence-corrected chi connectivity index (χ4v) is 9.58. The van der Waals surface area contributed by atoms with Crippen molar-refractivity contribution in [3.8, 4) is 0 Å². The molecule has 19 nitrogen and oxygen atoms in total. The Morgan fingerprint density at radius 3 is 1.17 bits per heavy atom. The average molecular weight is 1250 g/mol. The van der Waals surface area contributed by atoms with Crippen LogP contribution in [0.1, 0.15) is 142 Å². The largest absolute Gasteiger partial charge is 0.394 e. The molecule has 0 aromatic carbocycles. The molecule has 0 radical (unpaired) electrons. The molecule has 3 aliphatic rings. The van der Waals surface area contributed by atoms with Crippen molar-refractivity contribution in [2.24, 2.45) is 0 Å². The number of rotatable bonds is 45. The van der Waals surface area contributed by atoms with E-state index in [4.69, 9.17) is 28.4 Å². The number of carbonyl (C=O) groups is 1. The number of hydrogen-bond donors (Lipinski definition) is 12. The Morgan fingerprint density at radius 1 is 0.416 bits per heavy atom. The van der Waals surface area contributed by atoms with Gasteiger partial charge in [-0.1, -0.05) is 185 Å². The Balaban J connectivity index is 1.31. The second kappa shape index (κ2) is 50.0. The lowest BCUT2D eigenvalue weighted by atomic mass is 9.96. The van der Waals surface area contributed by atoms with Crippen molar-refractivity contribution in [2.45, 2.75) is 247 Å². The van der Waals surface area contributed by atoms with E-state index in [1.807, 2.05) is 6.08 Å². The standard InChI is InChI=1S/C70H109NO18/c1-3-5-7-9-10-11-12-13-14-15-16-17-18-19-20-21-22-23-24-25-26-27-28-29-30-31-32-33-34-35-36-37-38-39-40-41-42-44-46-48-58(76)71-53(54(75)47-45-43-8-6-4-2)52-84-68-64(82)61(79)66(56(50-73)86-68)89-70-65(83)62(80)67(57(51-74)87-70)88-69-63(81)60(78)59(77)55(49-72)85-69/h5,7,10-11,13-14,16-17,19-20,22-23,25-26,28-29,31-32,34-35,37-38,40-41,45,47,53-57,59-70,72-75,77-83H,3-4,6,8-9,12,15,18,21,24,27,30,33,36,39,42-44,46,48-52H2,1-2H3,(H,71,76)/b7-5-,11-10-,14-13-,17-16-,20-19-,23-22-,26-25-,29-28-,32-31-,35-34-,38-37-,41-40-,47-45+. The van der Waals surface area contributed by atoms with Gasteiger partial charge < -0.3 is 89.9 Å². The van der Waals surface area contributed by atoms with Gasteiger partial charge in [-0.15, -0.1) is 0 Å². The van der Waals surface area contributed by atoms with E-state index in [9.17, 15) is 61.0 Å². The van der Waals surface area contributed by atoms with Crippen LogP contribution in [0.2, 0.25) is 0 Å². The van der Waals surface area contributed by atoms with Crippen LogP contribution < -0.4 is 5.32 Å². The molecule has 17 atom stereocenters. The lowest BCUT2D eigenvalue weighted by molar-refractivity contribution is -0.379. The summed E-state index contributed by atoms with van der Waals surface area (Å²) in [5.74, 6) is -0.334. The third-order valence-corrected chi connectivity index (χ3v) is 14.8. The molecule has 1 amide bonds. The molecule has 0 saturated carbocycles. The predicted molar refractivity (Wildman–Crippen MR) is 345 cm³/mol. The molecular weight excluding hydrogens is 1140 g/mol. The first-order chi connectivity index (χ1) is 43.3. The fraction of sp³-hybridized carbons (Fsp3) is 0.614. The zero-order valence-corrected chi connectivity index (χ0v) is 52.6. The van der Waals surface area contributed by atoms with Crippen molar-refractivity contribution >= 4 is 5.91 Å². The molecule has 0 aliphatic carbocycles. The summed E-state index contributed by atoms with van der Waals surface area (Å²) in [7, 11) is 0. The molecule has 0 aromatic rings. The number of aliphatic hydroxyl groups excluding tert-OH is 11. The van der Waals surface area contributed by atoms with Gasteiger partial charge in [0, 0.05) is 6.42 Å². The second-order valence-electron chi connectivity index (χ2n) is 22.1. The average Bonchev–Trinajstić information content (AvgIpc) is 2.72. The molecule has 0 spiro atoms. The van der Waals surface area contributed by atoms with Gasteiger partial charge in [0.25, 0.3) is 0 Å². The van der Waals surface area contributed by atoms with Crippen LogP contribution in [0.15, 0.2) is 158 Å². The second-order valence-corrected chi connectivity index (χ2v) is 22.1. The summed E-state index contributed by atoms with van der Waals surface area (Å²) in [6, 6.07) is -1.00. The van der Waals surface area contributed by atoms with E-state index in [1.54, 1.807) is 6.08 Å². The minimum absolute atomic E-state index is 0.175. The van der Waals surface area contributed by atoms with E-state index in [-0.39, 0.29) is 18.9 Å². The zero-order valence-electron chi connectivity index (χ0n) is 52.6. The van der Waals surface area contributed by atoms with Crippen molar-refractivity contribution < 1.29 is 89.4 Å². The van der Waals surface area contributed by atoms with Crippen molar-refractivity contribution in [1.29, 1.82) is 0 Å². The fourth-order valence-electron chi connectivity index (χ4n) is 9.58. The lowest BCUT2D eigenvalue weighted by Crippen LogP contribution is -2.66. The van der Waals surface area contributed by atoms with Gasteiger partial charge in [0.1, 0.15) is 73.2 Å². The van der Waals surface area contributed by atoms with Crippen LogP contribution in [0.3, 0.4) is 0 Å². The molecule has 0 bridgehead atoms. The molecule has 3 rings (SSSR count). The molecule has 19 heteroatoms. The van der Waals surface area contributed by atoms with Crippen molar-refractivity contribution in [1.82, 2.24) is 5.32 Å². The van der Waals surface area contributed by atoms with E-state index in [1.165, 1.54) is 0 Å². The Kier molecular flexibility index (Phi) is 44.2. The molecule has 89 heavy (non-hydrogen) atoms. The van der Waals surface area contributed by atoms with Crippen molar-refractivity contribution in [3.63, 3.8) is 0 Å². The van der Waals surface area contributed by atoms with E-state index in [2.05, 4.69) is 165 Å². The monoisotopic (exact) mass is 1250 g/mol. The lowest BCUT2D eigenvalue weighted by Gasteiger charge is -2.48. The van der Waals surface area contributed by atoms with Crippen LogP contribution in [0, 0.1) is 0 Å². The normalized spacial score (nSPS) is 29.3. The Hall–Kier alpha value is -4.59. The summed E-state index contributed by atoms with van der Waals surface area (Å²) in [6.07, 6.45) is 46.1. The number of carbonyl (C=O) groups excluding carboxylic acids is 1. The molecule has 0 aromatic heterocycles. The zero-order chi connectivity index (χ0) is 64.7. The van der Waals surface area contributed by atoms with E-state index >= 15 is 0 Å². The number of allylic oxidation sites excluding steroid dienone is 25. The molecule has 17 unspecified atom stereocenters. The highest BCUT2D eigenvalue weighted by Crippen LogP contribution is 2.33. The topological polar surface area (TPSA) is 307 Å². The summed E-state index contributed by atoms with van der Waals surface area (Å²) >= 11 is 0. The highest BCUT2D eigenvalue weighted by molar-refractivity contribution is 5.76. The molecule has 3 heterocycles. The molecule has 3 fully saturated rings. The number of aliphatic hydroxyl groups is 11. The van der Waals surface area contributed by atoms with Gasteiger partial charge in [-0.2, -0.15) is 0 Å². The number of ether oxygens (including phenoxy) is 6. The van der Waals surface area contributed by atoms with Gasteiger partial charge in [-0.25, -0.2) is 0 Å². The third-order valence-electron chi connectivity index (χ3n) is 14.8. The van der Waals surface area contributed by atoms with Gasteiger partial charge in [-0.05, 0) is 109 Å². The maximum absolute atomic E-state index is 13.2. The number of unbranched alkanes of at least 4 members (excludes halogenated alkanes) is 5. The molecule has 3 saturated heterocycles. The summed E-state index contributed by atoms with van der Waals surface area (Å²) in [6.45, 7) is 1.39. The molecular formula is C70H109NO18. The maximum atomic E-state index is 13.2. The summed E-state index contributed by atoms with van der Waals surface area (Å²) < 4.78 is 34.0. The highest BCUT2D eigenvalue weighted by atomic mass is 16.8. The first-order valence-corrected chi connectivity index (χ1v) is 32.2. The van der Waals surface area contributed by atoms with Crippen LogP contribution in [0.25, 0.3) is 0 Å². The Bertz CT molecular complexity index is 2230. The maximum Gasteiger partial charge on any atom is 0.220 e. The van der Waals surface area contributed by atoms with Gasteiger partial charge >= 0.3 is 0 Å². The van der Waals surface area contributed by atoms with Crippen molar-refractivity contribution in [3.05, 3.63) is 158 Å². The van der Waals surface area contributed by atoms with Crippen molar-refractivity contribution in [2.75, 3.05) is 26.4 Å². The molecule has 12 N–H and O–H groups in total. The smallest absolute Gasteiger partial charge is 0.220 e. The first-order valence-electron chi connectivity index (χ1n) is 32.2. The molecule has 3 aliphatic heterocycles. The van der Waals surface area contributed by atoms with Crippen LogP contribution in [-0.4, -0.2) is 193 Å². The van der Waals surface area contributed by atoms with E-state index < -0.39 is 124 Å². The van der Waals surface area contributed by atoms with Gasteiger partial charge in [0.05, 0.1) is 38.6 Å². The van der Waals surface area contributed by atoms with Crippen LogP contribution >= 0.6 is 0 Å². The summed E-state index contributed by atoms with van der Waals surface area (Å²) in [5, 5.41) is 119. The van der Waals surface area contributed by atoms with Gasteiger partial charge in [0.2, 0.25) is 5.91 Å². The summed E-state index contributed by atoms with van der Waals surface area (Å²) in [4.78, 5) is 13.2. The highest BCUT2D eigenvalue weighted by Gasteiger charge is 2.53. The quantitative estimate of drug-likeness (QED) is 0.0209. The van der Waals surface area contributed by atoms with Gasteiger partial charge in [0.15, 0.2) is 18.9 Å². The van der Waals surface area contributed by atoms with E-state index in [0.29, 0.717) is 12.8 Å². The van der Waals surface area contributed by atoms with Gasteiger partial charge in [-0.3, -0.25) is 4.79 Å². The first kappa shape index (κ1) is 78.7. The van der Waals surface area contributed by atoms with Crippen LogP contribution in [-0.2, 0) is 33.2 Å². The Morgan fingerprint density at radius 2 is 0.764 bits per heavy atom. The third kappa shape index (κ3) is 32.5. The summed E-state index contributed by atoms with van der Waals surface area (Å²) in [5.41, 5.74) is 0. The Labute approximate surface area is 529 Å². The number of nitrogens with one attached hydrogen (secondary N) is 1. The van der Waals surface area contributed by atoms with Crippen LogP contribution in [0.4, 0.5) is 0 Å². The predicted octanol–water partition coefficient (Wildman–Crippen LogP) is 7.37. The van der Waals surface area contributed by atoms with Crippen LogP contribution in [0.5, 0.6) is 0 Å². The molecule has 502 valence electrons. The number of hydrogen-bond acceptors (Lipinski definition) is 18.